The van der Waals surface area contributed by atoms with Crippen molar-refractivity contribution in [1.82, 2.24) is 15.0 Å². The molecule has 0 aliphatic carbocycles. The van der Waals surface area contributed by atoms with Crippen molar-refractivity contribution in [3.63, 3.8) is 0 Å². The molecule has 5 nitrogen and oxygen atoms in total. The fourth-order valence-electron chi connectivity index (χ4n) is 3.65. The monoisotopic (exact) mass is 341 g/mol. The van der Waals surface area contributed by atoms with Gasteiger partial charge in [-0.25, -0.2) is 4.68 Å². The number of rotatable bonds is 3. The van der Waals surface area contributed by atoms with Crippen molar-refractivity contribution in [2.24, 2.45) is 0 Å². The lowest BCUT2D eigenvalue weighted by molar-refractivity contribution is -0.141. The second-order valence-electron chi connectivity index (χ2n) is 6.35. The molecule has 0 saturated heterocycles. The van der Waals surface area contributed by atoms with Gasteiger partial charge in [-0.2, -0.15) is 0 Å². The molecule has 0 saturated carbocycles. The molecular formula is C21H15N3O2. The molecule has 5 rings (SSSR count). The maximum absolute atomic E-state index is 11.5. The third-order valence-electron chi connectivity index (χ3n) is 4.86. The van der Waals surface area contributed by atoms with Crippen LogP contribution in [0.5, 0.6) is 0 Å². The van der Waals surface area contributed by atoms with Gasteiger partial charge in [0.25, 0.3) is 0 Å². The number of benzene rings is 4. The van der Waals surface area contributed by atoms with Crippen LogP contribution in [-0.2, 0) is 16.1 Å². The zero-order chi connectivity index (χ0) is 17.7. The molecule has 1 heterocycles. The molecule has 0 fully saturated rings. The molecule has 0 atom stereocenters. The molecule has 1 aromatic heterocycles. The minimum atomic E-state index is -0.350. The van der Waals surface area contributed by atoms with E-state index < -0.39 is 0 Å². The molecule has 0 amide bonds. The average molecular weight is 341 g/mol. The summed E-state index contributed by atoms with van der Waals surface area (Å²) < 4.78 is 6.19. The SMILES string of the molecule is COC(=O)Cn1cc(-c2ccc3ccc4cccc5ccc2c3c45)nn1. The van der Waals surface area contributed by atoms with Gasteiger partial charge in [0.1, 0.15) is 12.2 Å². The molecule has 5 aromatic rings. The van der Waals surface area contributed by atoms with E-state index in [0.29, 0.717) is 0 Å². The number of methoxy groups -OCH3 is 1. The lowest BCUT2D eigenvalue weighted by atomic mass is 9.91. The van der Waals surface area contributed by atoms with Crippen LogP contribution in [0, 0.1) is 0 Å². The van der Waals surface area contributed by atoms with E-state index in [2.05, 4.69) is 69.6 Å². The van der Waals surface area contributed by atoms with E-state index in [0.717, 1.165) is 16.6 Å². The molecule has 0 aliphatic rings. The van der Waals surface area contributed by atoms with E-state index in [-0.39, 0.29) is 12.5 Å². The Labute approximate surface area is 149 Å². The highest BCUT2D eigenvalue weighted by Gasteiger charge is 2.14. The third kappa shape index (κ3) is 2.14. The number of carbonyl (C=O) groups excluding carboxylic acids is 1. The van der Waals surface area contributed by atoms with Gasteiger partial charge in [-0.15, -0.1) is 5.10 Å². The van der Waals surface area contributed by atoms with E-state index in [1.165, 1.54) is 38.7 Å². The quantitative estimate of drug-likeness (QED) is 0.367. The molecule has 0 unspecified atom stereocenters. The van der Waals surface area contributed by atoms with Crippen LogP contribution in [0.4, 0.5) is 0 Å². The lowest BCUT2D eigenvalue weighted by Crippen LogP contribution is -2.11. The van der Waals surface area contributed by atoms with Gasteiger partial charge >= 0.3 is 5.97 Å². The Morgan fingerprint density at radius 2 is 1.65 bits per heavy atom. The van der Waals surface area contributed by atoms with Crippen LogP contribution < -0.4 is 0 Å². The van der Waals surface area contributed by atoms with E-state index in [1.807, 2.05) is 0 Å². The predicted molar refractivity (Wildman–Crippen MR) is 101 cm³/mol. The zero-order valence-electron chi connectivity index (χ0n) is 14.1. The van der Waals surface area contributed by atoms with Crippen LogP contribution >= 0.6 is 0 Å². The summed E-state index contributed by atoms with van der Waals surface area (Å²) in [4.78, 5) is 11.5. The summed E-state index contributed by atoms with van der Waals surface area (Å²) in [7, 11) is 1.36. The molecule has 0 spiro atoms. The van der Waals surface area contributed by atoms with Crippen molar-refractivity contribution < 1.29 is 9.53 Å². The minimum absolute atomic E-state index is 0.0509. The molecule has 26 heavy (non-hydrogen) atoms. The first kappa shape index (κ1) is 14.8. The first-order valence-electron chi connectivity index (χ1n) is 8.38. The summed E-state index contributed by atoms with van der Waals surface area (Å²) in [5.41, 5.74) is 1.75. The second-order valence-corrected chi connectivity index (χ2v) is 6.35. The molecular weight excluding hydrogens is 326 g/mol. The van der Waals surface area contributed by atoms with E-state index in [1.54, 1.807) is 6.20 Å². The molecule has 5 heteroatoms. The smallest absolute Gasteiger partial charge is 0.327 e. The fourth-order valence-corrected chi connectivity index (χ4v) is 3.65. The lowest BCUT2D eigenvalue weighted by Gasteiger charge is -2.12. The van der Waals surface area contributed by atoms with Crippen molar-refractivity contribution in [2.75, 3.05) is 7.11 Å². The number of carbonyl (C=O) groups is 1. The highest BCUT2D eigenvalue weighted by atomic mass is 16.5. The topological polar surface area (TPSA) is 57.0 Å². The molecule has 0 N–H and O–H groups in total. The van der Waals surface area contributed by atoms with Gasteiger partial charge in [0.15, 0.2) is 0 Å². The highest BCUT2D eigenvalue weighted by molar-refractivity contribution is 6.25. The Kier molecular flexibility index (Phi) is 3.15. The Balaban J connectivity index is 1.75. The van der Waals surface area contributed by atoms with Crippen molar-refractivity contribution in [3.8, 4) is 11.3 Å². The number of aromatic nitrogens is 3. The fraction of sp³-hybridized carbons (Fsp3) is 0.0952. The van der Waals surface area contributed by atoms with Crippen molar-refractivity contribution in [2.45, 2.75) is 6.54 Å². The summed E-state index contributed by atoms with van der Waals surface area (Å²) >= 11 is 0. The largest absolute Gasteiger partial charge is 0.468 e. The van der Waals surface area contributed by atoms with Crippen molar-refractivity contribution in [3.05, 3.63) is 60.8 Å². The first-order chi connectivity index (χ1) is 12.7. The number of esters is 1. The standard InChI is InChI=1S/C21H15N3O2/c1-26-19(25)12-24-11-18(22-23-24)16-9-7-15-6-5-13-3-2-4-14-8-10-17(16)21(15)20(13)14/h2-11H,12H2,1H3. The van der Waals surface area contributed by atoms with Crippen LogP contribution in [0.3, 0.4) is 0 Å². The Morgan fingerprint density at radius 1 is 0.962 bits per heavy atom. The van der Waals surface area contributed by atoms with Crippen LogP contribution in [-0.4, -0.2) is 28.1 Å². The number of hydrogen-bond donors (Lipinski definition) is 0. The summed E-state index contributed by atoms with van der Waals surface area (Å²) in [6.07, 6.45) is 1.78. The summed E-state index contributed by atoms with van der Waals surface area (Å²) in [5, 5.41) is 15.6. The first-order valence-corrected chi connectivity index (χ1v) is 8.38. The van der Waals surface area contributed by atoms with Gasteiger partial charge in [-0.3, -0.25) is 4.79 Å². The maximum Gasteiger partial charge on any atom is 0.327 e. The Bertz CT molecular complexity index is 1260. The van der Waals surface area contributed by atoms with Gasteiger partial charge in [-0.05, 0) is 32.3 Å². The molecule has 126 valence electrons. The second kappa shape index (κ2) is 5.52. The van der Waals surface area contributed by atoms with Gasteiger partial charge < -0.3 is 4.74 Å². The van der Waals surface area contributed by atoms with E-state index >= 15 is 0 Å². The zero-order valence-corrected chi connectivity index (χ0v) is 14.1. The van der Waals surface area contributed by atoms with Crippen LogP contribution in [0.2, 0.25) is 0 Å². The minimum Gasteiger partial charge on any atom is -0.468 e. The van der Waals surface area contributed by atoms with Crippen molar-refractivity contribution in [1.29, 1.82) is 0 Å². The number of ether oxygens (including phenoxy) is 1. The maximum atomic E-state index is 11.5. The molecule has 0 radical (unpaired) electrons. The predicted octanol–water partition coefficient (Wildman–Crippen LogP) is 4.02. The highest BCUT2D eigenvalue weighted by Crippen LogP contribution is 2.38. The molecule has 4 aromatic carbocycles. The Morgan fingerprint density at radius 3 is 2.42 bits per heavy atom. The van der Waals surface area contributed by atoms with Crippen LogP contribution in [0.25, 0.3) is 43.6 Å². The van der Waals surface area contributed by atoms with Crippen molar-refractivity contribution >= 4 is 38.3 Å². The average Bonchev–Trinajstić information content (AvgIpc) is 3.14. The molecule has 0 bridgehead atoms. The third-order valence-corrected chi connectivity index (χ3v) is 4.86. The summed E-state index contributed by atoms with van der Waals surface area (Å²) in [6, 6.07) is 19.1. The summed E-state index contributed by atoms with van der Waals surface area (Å²) in [6.45, 7) is 0.0509. The number of nitrogens with zero attached hydrogens (tertiary/aromatic N) is 3. The van der Waals surface area contributed by atoms with Gasteiger partial charge in [0.2, 0.25) is 0 Å². The van der Waals surface area contributed by atoms with E-state index in [9.17, 15) is 4.79 Å². The molecule has 0 aliphatic heterocycles. The van der Waals surface area contributed by atoms with Crippen LogP contribution in [0.1, 0.15) is 0 Å². The van der Waals surface area contributed by atoms with Gasteiger partial charge in [0, 0.05) is 5.56 Å². The van der Waals surface area contributed by atoms with Gasteiger partial charge in [-0.1, -0.05) is 59.8 Å². The summed E-state index contributed by atoms with van der Waals surface area (Å²) in [5.74, 6) is -0.350. The van der Waals surface area contributed by atoms with Gasteiger partial charge in [0.05, 0.1) is 13.3 Å². The van der Waals surface area contributed by atoms with E-state index in [4.69, 9.17) is 0 Å². The normalized spacial score (nSPS) is 11.6. The number of hydrogen-bond acceptors (Lipinski definition) is 4. The van der Waals surface area contributed by atoms with Crippen LogP contribution in [0.15, 0.2) is 60.8 Å². The Hall–Kier alpha value is -3.47.